The van der Waals surface area contributed by atoms with Crippen molar-refractivity contribution in [1.82, 2.24) is 9.47 Å². The number of urea groups is 1. The molecular weight excluding hydrogens is 369 g/mol. The molecule has 0 spiro atoms. The maximum Gasteiger partial charge on any atom is 0.322 e. The Bertz CT molecular complexity index is 939. The highest BCUT2D eigenvalue weighted by molar-refractivity contribution is 6.35. The predicted octanol–water partition coefficient (Wildman–Crippen LogP) is 5.43. The van der Waals surface area contributed by atoms with Crippen molar-refractivity contribution in [2.45, 2.75) is 12.6 Å². The van der Waals surface area contributed by atoms with Crippen LogP contribution in [0.15, 0.2) is 66.9 Å². The van der Waals surface area contributed by atoms with E-state index in [2.05, 4.69) is 9.88 Å². The van der Waals surface area contributed by atoms with Crippen LogP contribution in [0, 0.1) is 0 Å². The van der Waals surface area contributed by atoms with Crippen LogP contribution in [0.5, 0.6) is 0 Å². The largest absolute Gasteiger partial charge is 0.348 e. The van der Waals surface area contributed by atoms with Crippen LogP contribution in [0.1, 0.15) is 17.3 Å². The first-order chi connectivity index (χ1) is 12.6. The summed E-state index contributed by atoms with van der Waals surface area (Å²) in [6.45, 7) is 1.33. The van der Waals surface area contributed by atoms with Crippen LogP contribution in [-0.2, 0) is 6.54 Å². The quantitative estimate of drug-likeness (QED) is 0.626. The summed E-state index contributed by atoms with van der Waals surface area (Å²) < 4.78 is 2.15. The van der Waals surface area contributed by atoms with Crippen molar-refractivity contribution in [3.05, 3.63) is 88.2 Å². The smallest absolute Gasteiger partial charge is 0.322 e. The Morgan fingerprint density at radius 2 is 1.81 bits per heavy atom. The second-order valence-electron chi connectivity index (χ2n) is 6.18. The summed E-state index contributed by atoms with van der Waals surface area (Å²) >= 11 is 12.5. The molecule has 4 rings (SSSR count). The third kappa shape index (κ3) is 3.18. The van der Waals surface area contributed by atoms with Gasteiger partial charge in [-0.15, -0.1) is 0 Å². The normalized spacial score (nSPS) is 16.2. The number of para-hydroxylation sites is 1. The van der Waals surface area contributed by atoms with E-state index in [-0.39, 0.29) is 12.1 Å². The molecular formula is C20H17Cl2N3O. The molecule has 0 unspecified atom stereocenters. The molecule has 6 heteroatoms. The van der Waals surface area contributed by atoms with Crippen LogP contribution in [0.25, 0.3) is 0 Å². The lowest BCUT2D eigenvalue weighted by molar-refractivity contribution is 0.182. The Morgan fingerprint density at radius 3 is 2.58 bits per heavy atom. The van der Waals surface area contributed by atoms with Gasteiger partial charge in [-0.05, 0) is 42.0 Å². The average molecular weight is 386 g/mol. The monoisotopic (exact) mass is 385 g/mol. The number of rotatable bonds is 2. The van der Waals surface area contributed by atoms with E-state index in [1.54, 1.807) is 12.1 Å². The lowest BCUT2D eigenvalue weighted by Crippen LogP contribution is -2.44. The molecule has 1 aromatic heterocycles. The predicted molar refractivity (Wildman–Crippen MR) is 105 cm³/mol. The number of hydrogen-bond acceptors (Lipinski definition) is 1. The fourth-order valence-corrected chi connectivity index (χ4v) is 3.88. The van der Waals surface area contributed by atoms with Gasteiger partial charge >= 0.3 is 6.03 Å². The summed E-state index contributed by atoms with van der Waals surface area (Å²) in [6, 6.07) is 18.4. The summed E-state index contributed by atoms with van der Waals surface area (Å²) in [5.41, 5.74) is 2.65. The highest BCUT2D eigenvalue weighted by Crippen LogP contribution is 2.37. The molecule has 0 radical (unpaired) electrons. The van der Waals surface area contributed by atoms with E-state index >= 15 is 0 Å². The summed E-state index contributed by atoms with van der Waals surface area (Å²) in [5.74, 6) is 0. The summed E-state index contributed by atoms with van der Waals surface area (Å²) in [5, 5.41) is 4.10. The van der Waals surface area contributed by atoms with Gasteiger partial charge in [0.2, 0.25) is 0 Å². The minimum atomic E-state index is -0.271. The van der Waals surface area contributed by atoms with Crippen LogP contribution < -0.4 is 5.32 Å². The zero-order valence-corrected chi connectivity index (χ0v) is 15.4. The van der Waals surface area contributed by atoms with Crippen molar-refractivity contribution >= 4 is 34.9 Å². The number of halogens is 2. The zero-order chi connectivity index (χ0) is 18.1. The van der Waals surface area contributed by atoms with Crippen molar-refractivity contribution in [2.75, 3.05) is 11.9 Å². The van der Waals surface area contributed by atoms with Crippen LogP contribution in [-0.4, -0.2) is 22.0 Å². The zero-order valence-electron chi connectivity index (χ0n) is 13.9. The van der Waals surface area contributed by atoms with Crippen LogP contribution in [0.4, 0.5) is 10.5 Å². The van der Waals surface area contributed by atoms with E-state index in [0.29, 0.717) is 16.6 Å². The van der Waals surface area contributed by atoms with Crippen molar-refractivity contribution in [2.24, 2.45) is 0 Å². The molecule has 0 fully saturated rings. The van der Waals surface area contributed by atoms with Crippen molar-refractivity contribution < 1.29 is 4.79 Å². The highest BCUT2D eigenvalue weighted by Gasteiger charge is 2.33. The van der Waals surface area contributed by atoms with Crippen LogP contribution >= 0.6 is 23.2 Å². The van der Waals surface area contributed by atoms with Gasteiger partial charge in [-0.1, -0.05) is 47.5 Å². The van der Waals surface area contributed by atoms with Crippen molar-refractivity contribution in [3.63, 3.8) is 0 Å². The van der Waals surface area contributed by atoms with Crippen LogP contribution in [0.2, 0.25) is 10.0 Å². The average Bonchev–Trinajstić information content (AvgIpc) is 3.11. The Labute approximate surface area is 161 Å². The lowest BCUT2D eigenvalue weighted by atomic mass is 10.00. The SMILES string of the molecule is O=C(Nc1ccccc1)N1CCn2cccc2[C@@H]1c1ccc(Cl)cc1Cl. The molecule has 1 atom stereocenters. The summed E-state index contributed by atoms with van der Waals surface area (Å²) in [7, 11) is 0. The molecule has 1 aliphatic heterocycles. The van der Waals surface area contributed by atoms with Gasteiger partial charge in [0.15, 0.2) is 0 Å². The number of nitrogens with zero attached hydrogens (tertiary/aromatic N) is 2. The number of aromatic nitrogens is 1. The molecule has 1 N–H and O–H groups in total. The fourth-order valence-electron chi connectivity index (χ4n) is 3.37. The molecule has 2 heterocycles. The number of hydrogen-bond donors (Lipinski definition) is 1. The number of carbonyl (C=O) groups excluding carboxylic acids is 1. The molecule has 26 heavy (non-hydrogen) atoms. The molecule has 0 saturated carbocycles. The maximum absolute atomic E-state index is 13.0. The third-order valence-corrected chi connectivity index (χ3v) is 5.14. The van der Waals surface area contributed by atoms with E-state index in [0.717, 1.165) is 23.5 Å². The Kier molecular flexibility index (Phi) is 4.62. The number of fused-ring (bicyclic) bond motifs is 1. The van der Waals surface area contributed by atoms with Crippen molar-refractivity contribution in [1.29, 1.82) is 0 Å². The summed E-state index contributed by atoms with van der Waals surface area (Å²) in [4.78, 5) is 14.8. The standard InChI is InChI=1S/C20H17Cl2N3O/c21-14-8-9-16(17(22)13-14)19-18-7-4-10-24(18)11-12-25(19)20(26)23-15-5-2-1-3-6-15/h1-10,13,19H,11-12H2,(H,23,26)/t19-/m0/s1. The highest BCUT2D eigenvalue weighted by atomic mass is 35.5. The van der Waals surface area contributed by atoms with E-state index in [1.165, 1.54) is 0 Å². The van der Waals surface area contributed by atoms with Crippen LogP contribution in [0.3, 0.4) is 0 Å². The Morgan fingerprint density at radius 1 is 1.00 bits per heavy atom. The molecule has 2 aromatic carbocycles. The van der Waals surface area contributed by atoms with E-state index in [1.807, 2.05) is 59.6 Å². The van der Waals surface area contributed by atoms with Gasteiger partial charge in [-0.25, -0.2) is 4.79 Å². The second kappa shape index (κ2) is 7.06. The number of carbonyl (C=O) groups is 1. The number of amides is 2. The van der Waals surface area contributed by atoms with Gasteiger partial charge in [0, 0.05) is 40.7 Å². The van der Waals surface area contributed by atoms with Gasteiger partial charge in [0.25, 0.3) is 0 Å². The summed E-state index contributed by atoms with van der Waals surface area (Å²) in [6.07, 6.45) is 2.03. The third-order valence-electron chi connectivity index (χ3n) is 4.58. The first-order valence-corrected chi connectivity index (χ1v) is 9.12. The lowest BCUT2D eigenvalue weighted by Gasteiger charge is -2.37. The molecule has 0 aliphatic carbocycles. The molecule has 2 amide bonds. The molecule has 1 aliphatic rings. The van der Waals surface area contributed by atoms with Gasteiger partial charge < -0.3 is 14.8 Å². The van der Waals surface area contributed by atoms with Gasteiger partial charge in [0.05, 0.1) is 0 Å². The van der Waals surface area contributed by atoms with E-state index < -0.39 is 0 Å². The minimum absolute atomic E-state index is 0.153. The fraction of sp³-hybridized carbons (Fsp3) is 0.150. The van der Waals surface area contributed by atoms with E-state index in [4.69, 9.17) is 23.2 Å². The number of benzene rings is 2. The molecule has 0 saturated heterocycles. The van der Waals surface area contributed by atoms with E-state index in [9.17, 15) is 4.79 Å². The Balaban J connectivity index is 1.72. The first kappa shape index (κ1) is 17.0. The maximum atomic E-state index is 13.0. The number of anilines is 1. The molecule has 0 bridgehead atoms. The Hall–Kier alpha value is -2.43. The molecule has 3 aromatic rings. The topological polar surface area (TPSA) is 37.3 Å². The van der Waals surface area contributed by atoms with Gasteiger partial charge in [-0.2, -0.15) is 0 Å². The molecule has 4 nitrogen and oxygen atoms in total. The first-order valence-electron chi connectivity index (χ1n) is 8.36. The van der Waals surface area contributed by atoms with Gasteiger partial charge in [-0.3, -0.25) is 0 Å². The van der Waals surface area contributed by atoms with Gasteiger partial charge in [0.1, 0.15) is 6.04 Å². The number of nitrogens with one attached hydrogen (secondary N) is 1. The molecule has 132 valence electrons. The minimum Gasteiger partial charge on any atom is -0.348 e. The van der Waals surface area contributed by atoms with Crippen molar-refractivity contribution in [3.8, 4) is 0 Å². The second-order valence-corrected chi connectivity index (χ2v) is 7.03.